The van der Waals surface area contributed by atoms with Crippen LogP contribution in [0.4, 0.5) is 17.6 Å². The molecule has 170 valence electrons. The molecule has 0 aliphatic heterocycles. The van der Waals surface area contributed by atoms with Gasteiger partial charge in [-0.3, -0.25) is 0 Å². The van der Waals surface area contributed by atoms with Gasteiger partial charge in [0.1, 0.15) is 5.82 Å². The van der Waals surface area contributed by atoms with Crippen LogP contribution >= 0.6 is 0 Å². The van der Waals surface area contributed by atoms with Gasteiger partial charge in [0.05, 0.1) is 16.3 Å². The Hall–Kier alpha value is -3.50. The van der Waals surface area contributed by atoms with Crippen LogP contribution in [0.1, 0.15) is 11.3 Å². The van der Waals surface area contributed by atoms with Crippen LogP contribution in [0.3, 0.4) is 0 Å². The zero-order valence-electron chi connectivity index (χ0n) is 17.1. The first-order valence-corrected chi connectivity index (χ1v) is 11.2. The number of hydrogen-bond donors (Lipinski definition) is 1. The normalized spacial score (nSPS) is 12.2. The Kier molecular flexibility index (Phi) is 5.59. The molecule has 5 nitrogen and oxygen atoms in total. The Labute approximate surface area is 187 Å². The van der Waals surface area contributed by atoms with Crippen molar-refractivity contribution in [2.75, 3.05) is 0 Å². The highest BCUT2D eigenvalue weighted by Gasteiger charge is 2.35. The van der Waals surface area contributed by atoms with Crippen molar-refractivity contribution in [3.05, 3.63) is 89.9 Å². The minimum atomic E-state index is -4.69. The van der Waals surface area contributed by atoms with Crippen LogP contribution in [-0.4, -0.2) is 18.2 Å². The lowest BCUT2D eigenvalue weighted by atomic mass is 9.97. The minimum absolute atomic E-state index is 0.159. The van der Waals surface area contributed by atoms with Crippen LogP contribution in [-0.2, 0) is 16.2 Å². The lowest BCUT2D eigenvalue weighted by Crippen LogP contribution is -2.12. The smallest absolute Gasteiger partial charge is 0.232 e. The number of alkyl halides is 3. The second kappa shape index (κ2) is 8.13. The van der Waals surface area contributed by atoms with Gasteiger partial charge in [-0.05, 0) is 72.1 Å². The number of rotatable bonds is 4. The molecule has 0 atom stereocenters. The topological polar surface area (TPSA) is 78.0 Å². The molecule has 0 saturated heterocycles. The summed E-state index contributed by atoms with van der Waals surface area (Å²) < 4.78 is 78.0. The monoisotopic (exact) mass is 475 g/mol. The highest BCUT2D eigenvalue weighted by molar-refractivity contribution is 7.89. The van der Waals surface area contributed by atoms with Crippen molar-refractivity contribution in [2.45, 2.75) is 18.0 Å². The molecule has 0 bridgehead atoms. The van der Waals surface area contributed by atoms with Crippen molar-refractivity contribution in [1.29, 1.82) is 0 Å². The summed E-state index contributed by atoms with van der Waals surface area (Å²) in [6.45, 7) is 1.75. The number of halogens is 4. The van der Waals surface area contributed by atoms with Crippen LogP contribution in [0.2, 0.25) is 0 Å². The van der Waals surface area contributed by atoms with E-state index in [1.54, 1.807) is 37.3 Å². The quantitative estimate of drug-likeness (QED) is 0.406. The summed E-state index contributed by atoms with van der Waals surface area (Å²) in [5, 5.41) is 8.84. The molecule has 4 rings (SSSR count). The van der Waals surface area contributed by atoms with E-state index in [9.17, 15) is 26.0 Å². The molecular weight excluding hydrogens is 458 g/mol. The first-order valence-electron chi connectivity index (χ1n) is 9.61. The van der Waals surface area contributed by atoms with Crippen molar-refractivity contribution >= 4 is 10.0 Å². The van der Waals surface area contributed by atoms with Crippen LogP contribution in [0, 0.1) is 12.7 Å². The number of sulfonamides is 1. The van der Waals surface area contributed by atoms with E-state index in [4.69, 9.17) is 5.14 Å². The predicted molar refractivity (Wildman–Crippen MR) is 116 cm³/mol. The number of nitrogens with two attached hydrogens (primary N) is 1. The fourth-order valence-electron chi connectivity index (χ4n) is 3.41. The van der Waals surface area contributed by atoms with Gasteiger partial charge in [-0.1, -0.05) is 24.3 Å². The second-order valence-electron chi connectivity index (χ2n) is 7.40. The largest absolute Gasteiger partial charge is 0.435 e. The fraction of sp³-hybridized carbons (Fsp3) is 0.0870. The molecule has 0 aliphatic rings. The summed E-state index contributed by atoms with van der Waals surface area (Å²) in [6.07, 6.45) is -4.69. The van der Waals surface area contributed by atoms with E-state index in [1.165, 1.54) is 36.4 Å². The van der Waals surface area contributed by atoms with Gasteiger partial charge in [-0.2, -0.15) is 18.3 Å². The fourth-order valence-corrected chi connectivity index (χ4v) is 3.92. The van der Waals surface area contributed by atoms with Crippen molar-refractivity contribution in [3.63, 3.8) is 0 Å². The molecular formula is C23H17F4N3O2S. The molecule has 0 spiro atoms. The maximum absolute atomic E-state index is 13.5. The summed E-state index contributed by atoms with van der Waals surface area (Å²) in [6, 6.07) is 17.0. The molecule has 10 heteroatoms. The van der Waals surface area contributed by atoms with Crippen LogP contribution < -0.4 is 5.14 Å². The maximum atomic E-state index is 13.5. The summed E-state index contributed by atoms with van der Waals surface area (Å²) in [7, 11) is -3.96. The molecule has 0 saturated carbocycles. The van der Waals surface area contributed by atoms with E-state index < -0.39 is 27.7 Å². The Morgan fingerprint density at radius 3 is 2.06 bits per heavy atom. The summed E-state index contributed by atoms with van der Waals surface area (Å²) in [5.74, 6) is -0.401. The third-order valence-corrected chi connectivity index (χ3v) is 6.03. The lowest BCUT2D eigenvalue weighted by molar-refractivity contribution is -0.141. The molecule has 2 N–H and O–H groups in total. The van der Waals surface area contributed by atoms with Gasteiger partial charge >= 0.3 is 6.18 Å². The Bertz CT molecular complexity index is 1430. The van der Waals surface area contributed by atoms with Gasteiger partial charge < -0.3 is 0 Å². The maximum Gasteiger partial charge on any atom is 0.435 e. The van der Waals surface area contributed by atoms with Crippen LogP contribution in [0.5, 0.6) is 0 Å². The molecule has 0 fully saturated rings. The van der Waals surface area contributed by atoms with E-state index in [-0.39, 0.29) is 16.3 Å². The average molecular weight is 475 g/mol. The Balaban J connectivity index is 1.90. The van der Waals surface area contributed by atoms with Crippen molar-refractivity contribution < 1.29 is 26.0 Å². The van der Waals surface area contributed by atoms with Gasteiger partial charge in [-0.25, -0.2) is 22.6 Å². The van der Waals surface area contributed by atoms with Gasteiger partial charge in [0, 0.05) is 5.56 Å². The van der Waals surface area contributed by atoms with E-state index in [0.29, 0.717) is 22.3 Å². The molecule has 1 heterocycles. The summed E-state index contributed by atoms with van der Waals surface area (Å²) in [5.41, 5.74) is 1.83. The van der Waals surface area contributed by atoms with Crippen LogP contribution in [0.25, 0.3) is 28.1 Å². The third-order valence-electron chi connectivity index (χ3n) is 5.10. The Morgan fingerprint density at radius 2 is 1.48 bits per heavy atom. The second-order valence-corrected chi connectivity index (χ2v) is 8.96. The molecule has 3 aromatic carbocycles. The molecule has 0 unspecified atom stereocenters. The molecule has 33 heavy (non-hydrogen) atoms. The SMILES string of the molecule is Cc1ccc(-c2ccc(F)cc2)cc1-c1cc(C(F)(F)F)nn1-c1ccc(S(N)(=O)=O)cc1. The van der Waals surface area contributed by atoms with E-state index in [2.05, 4.69) is 5.10 Å². The van der Waals surface area contributed by atoms with Crippen molar-refractivity contribution in [2.24, 2.45) is 5.14 Å². The first-order chi connectivity index (χ1) is 15.4. The molecule has 0 radical (unpaired) electrons. The van der Waals surface area contributed by atoms with E-state index in [0.717, 1.165) is 10.7 Å². The number of aryl methyl sites for hydroxylation is 1. The van der Waals surface area contributed by atoms with Gasteiger partial charge in [-0.15, -0.1) is 0 Å². The third kappa shape index (κ3) is 4.67. The van der Waals surface area contributed by atoms with Crippen molar-refractivity contribution in [1.82, 2.24) is 9.78 Å². The molecule has 1 aromatic heterocycles. The average Bonchev–Trinajstić information content (AvgIpc) is 3.20. The van der Waals surface area contributed by atoms with Gasteiger partial charge in [0.2, 0.25) is 10.0 Å². The highest BCUT2D eigenvalue weighted by Crippen LogP contribution is 2.36. The number of primary sulfonamides is 1. The Morgan fingerprint density at radius 1 is 0.879 bits per heavy atom. The van der Waals surface area contributed by atoms with Crippen LogP contribution in [0.15, 0.2) is 77.7 Å². The number of hydrogen-bond acceptors (Lipinski definition) is 3. The van der Waals surface area contributed by atoms with Crippen molar-refractivity contribution in [3.8, 4) is 28.1 Å². The van der Waals surface area contributed by atoms with E-state index >= 15 is 0 Å². The number of benzene rings is 3. The van der Waals surface area contributed by atoms with Gasteiger partial charge in [0.25, 0.3) is 0 Å². The zero-order valence-corrected chi connectivity index (χ0v) is 18.0. The summed E-state index contributed by atoms with van der Waals surface area (Å²) >= 11 is 0. The molecule has 4 aromatic rings. The highest BCUT2D eigenvalue weighted by atomic mass is 32.2. The van der Waals surface area contributed by atoms with E-state index in [1.807, 2.05) is 0 Å². The lowest BCUT2D eigenvalue weighted by Gasteiger charge is -2.12. The zero-order chi connectivity index (χ0) is 24.0. The number of aromatic nitrogens is 2. The summed E-state index contributed by atoms with van der Waals surface area (Å²) in [4.78, 5) is -0.175. The minimum Gasteiger partial charge on any atom is -0.232 e. The number of nitrogens with zero attached hydrogens (tertiary/aromatic N) is 2. The predicted octanol–water partition coefficient (Wildman–Crippen LogP) is 5.32. The standard InChI is InChI=1S/C23H17F4N3O2S/c1-14-2-3-16(15-4-6-17(24)7-5-15)12-20(14)21-13-22(23(25,26)27)29-30(21)18-8-10-19(11-9-18)33(28,31)32/h2-13H,1H3,(H2,28,31,32). The molecule has 0 amide bonds. The molecule has 0 aliphatic carbocycles. The van der Waals surface area contributed by atoms with Gasteiger partial charge in [0.15, 0.2) is 5.69 Å². The first kappa shape index (κ1) is 22.7.